The molecule has 0 aliphatic carbocycles. The molecule has 118 valence electrons. The Bertz CT molecular complexity index is 452. The fourth-order valence-corrected chi connectivity index (χ4v) is 2.36. The van der Waals surface area contributed by atoms with Crippen LogP contribution in [0.1, 0.15) is 27.2 Å². The molecule has 2 heterocycles. The number of aromatic nitrogens is 3. The van der Waals surface area contributed by atoms with Gasteiger partial charge in [-0.2, -0.15) is 15.0 Å². The Morgan fingerprint density at radius 3 is 2.67 bits per heavy atom. The van der Waals surface area contributed by atoms with Gasteiger partial charge in [-0.25, -0.2) is 5.84 Å². The first-order chi connectivity index (χ1) is 10.2. The summed E-state index contributed by atoms with van der Waals surface area (Å²) in [6, 6.07) is 0. The van der Waals surface area contributed by atoms with Crippen molar-refractivity contribution in [3.05, 3.63) is 0 Å². The third kappa shape index (κ3) is 3.70. The quantitative estimate of drug-likeness (QED) is 0.583. The average Bonchev–Trinajstić information content (AvgIpc) is 2.55. The van der Waals surface area contributed by atoms with Crippen molar-refractivity contribution in [2.24, 2.45) is 5.84 Å². The first-order valence-electron chi connectivity index (χ1n) is 7.55. The van der Waals surface area contributed by atoms with Gasteiger partial charge in [0.05, 0.1) is 12.7 Å². The summed E-state index contributed by atoms with van der Waals surface area (Å²) >= 11 is 0. The van der Waals surface area contributed by atoms with E-state index < -0.39 is 0 Å². The zero-order chi connectivity index (χ0) is 15.2. The predicted molar refractivity (Wildman–Crippen MR) is 83.4 cm³/mol. The average molecular weight is 295 g/mol. The Kier molecular flexibility index (Phi) is 5.51. The lowest BCUT2D eigenvalue weighted by Gasteiger charge is -2.33. The van der Waals surface area contributed by atoms with Gasteiger partial charge in [-0.05, 0) is 20.3 Å². The van der Waals surface area contributed by atoms with E-state index in [9.17, 15) is 0 Å². The monoisotopic (exact) mass is 295 g/mol. The molecule has 8 heteroatoms. The zero-order valence-electron chi connectivity index (χ0n) is 13.0. The highest BCUT2D eigenvalue weighted by Gasteiger charge is 2.22. The van der Waals surface area contributed by atoms with E-state index in [-0.39, 0.29) is 6.10 Å². The van der Waals surface area contributed by atoms with Gasteiger partial charge in [0, 0.05) is 26.2 Å². The number of nitrogens with one attached hydrogen (secondary N) is 1. The van der Waals surface area contributed by atoms with Gasteiger partial charge >= 0.3 is 0 Å². The second-order valence-corrected chi connectivity index (χ2v) is 4.92. The molecule has 1 aromatic heterocycles. The number of nitrogens with two attached hydrogens (primary N) is 1. The molecule has 0 aromatic carbocycles. The molecule has 1 saturated heterocycles. The zero-order valence-corrected chi connectivity index (χ0v) is 13.0. The van der Waals surface area contributed by atoms with Crippen LogP contribution in [0, 0.1) is 0 Å². The molecule has 1 aliphatic rings. The number of rotatable bonds is 6. The van der Waals surface area contributed by atoms with Crippen LogP contribution in [0.4, 0.5) is 17.8 Å². The summed E-state index contributed by atoms with van der Waals surface area (Å²) in [7, 11) is 0. The van der Waals surface area contributed by atoms with Crippen LogP contribution < -0.4 is 21.1 Å². The number of ether oxygens (including phenoxy) is 1. The van der Waals surface area contributed by atoms with Crippen molar-refractivity contribution in [3.63, 3.8) is 0 Å². The highest BCUT2D eigenvalue weighted by atomic mass is 16.5. The van der Waals surface area contributed by atoms with Gasteiger partial charge < -0.3 is 14.5 Å². The van der Waals surface area contributed by atoms with Crippen LogP contribution in [0.2, 0.25) is 0 Å². The summed E-state index contributed by atoms with van der Waals surface area (Å²) in [5.41, 5.74) is 2.53. The van der Waals surface area contributed by atoms with Gasteiger partial charge in [-0.1, -0.05) is 6.92 Å². The molecule has 0 saturated carbocycles. The van der Waals surface area contributed by atoms with Crippen molar-refractivity contribution >= 4 is 17.8 Å². The van der Waals surface area contributed by atoms with Crippen molar-refractivity contribution in [2.45, 2.75) is 33.3 Å². The summed E-state index contributed by atoms with van der Waals surface area (Å²) in [6.07, 6.45) is 1.20. The summed E-state index contributed by atoms with van der Waals surface area (Å²) < 4.78 is 5.69. The third-order valence-corrected chi connectivity index (χ3v) is 3.66. The van der Waals surface area contributed by atoms with E-state index in [1.165, 1.54) is 0 Å². The number of hydrogen-bond acceptors (Lipinski definition) is 8. The first kappa shape index (κ1) is 15.7. The number of nitrogen functional groups attached to an aromatic ring is 1. The van der Waals surface area contributed by atoms with Crippen LogP contribution in [0.15, 0.2) is 0 Å². The second kappa shape index (κ2) is 7.37. The van der Waals surface area contributed by atoms with Gasteiger partial charge in [-0.15, -0.1) is 0 Å². The van der Waals surface area contributed by atoms with Gasteiger partial charge in [0.15, 0.2) is 0 Å². The fraction of sp³-hybridized carbons (Fsp3) is 0.769. The maximum absolute atomic E-state index is 5.69. The van der Waals surface area contributed by atoms with E-state index in [1.54, 1.807) is 0 Å². The van der Waals surface area contributed by atoms with E-state index in [0.717, 1.165) is 32.6 Å². The number of hydrazine groups is 1. The molecule has 1 atom stereocenters. The van der Waals surface area contributed by atoms with Crippen molar-refractivity contribution in [1.82, 2.24) is 15.0 Å². The van der Waals surface area contributed by atoms with E-state index >= 15 is 0 Å². The normalized spacial score (nSPS) is 18.7. The van der Waals surface area contributed by atoms with E-state index in [2.05, 4.69) is 50.9 Å². The molecule has 1 aromatic rings. The van der Waals surface area contributed by atoms with Crippen molar-refractivity contribution in [2.75, 3.05) is 48.0 Å². The third-order valence-electron chi connectivity index (χ3n) is 3.66. The molecule has 1 aliphatic heterocycles. The van der Waals surface area contributed by atoms with Gasteiger partial charge in [0.2, 0.25) is 17.8 Å². The predicted octanol–water partition coefficient (Wildman–Crippen LogP) is 0.619. The Morgan fingerprint density at radius 1 is 1.29 bits per heavy atom. The van der Waals surface area contributed by atoms with Gasteiger partial charge in [-0.3, -0.25) is 5.43 Å². The number of hydrogen-bond donors (Lipinski definition) is 2. The van der Waals surface area contributed by atoms with Gasteiger partial charge in [0.1, 0.15) is 0 Å². The minimum absolute atomic E-state index is 0.224. The van der Waals surface area contributed by atoms with Crippen LogP contribution in [-0.2, 0) is 4.74 Å². The fourth-order valence-electron chi connectivity index (χ4n) is 2.36. The van der Waals surface area contributed by atoms with Crippen LogP contribution >= 0.6 is 0 Å². The first-order valence-corrected chi connectivity index (χ1v) is 7.55. The van der Waals surface area contributed by atoms with Crippen LogP contribution in [0.25, 0.3) is 0 Å². The second-order valence-electron chi connectivity index (χ2n) is 4.92. The summed E-state index contributed by atoms with van der Waals surface area (Å²) in [5.74, 6) is 7.18. The van der Waals surface area contributed by atoms with Crippen LogP contribution in [0.5, 0.6) is 0 Å². The Hall–Kier alpha value is -1.67. The highest BCUT2D eigenvalue weighted by Crippen LogP contribution is 2.19. The molecule has 2 rings (SSSR count). The maximum Gasteiger partial charge on any atom is 0.243 e. The minimum atomic E-state index is 0.224. The molecular formula is C13H25N7O. The van der Waals surface area contributed by atoms with Crippen LogP contribution in [-0.4, -0.2) is 53.8 Å². The van der Waals surface area contributed by atoms with Crippen LogP contribution in [0.3, 0.4) is 0 Å². The Morgan fingerprint density at radius 2 is 2.05 bits per heavy atom. The van der Waals surface area contributed by atoms with E-state index in [4.69, 9.17) is 10.6 Å². The maximum atomic E-state index is 5.69. The summed E-state index contributed by atoms with van der Waals surface area (Å²) in [4.78, 5) is 17.5. The lowest BCUT2D eigenvalue weighted by atomic mass is 10.2. The highest BCUT2D eigenvalue weighted by molar-refractivity contribution is 5.45. The molecular weight excluding hydrogens is 270 g/mol. The smallest absolute Gasteiger partial charge is 0.243 e. The standard InChI is InChI=1S/C13H25N7O/c1-4-10-9-20(7-8-21-10)13-16-11(18-14)15-12(17-13)19(5-2)6-3/h10H,4-9,14H2,1-3H3,(H,15,16,17,18). The van der Waals surface area contributed by atoms with Crippen molar-refractivity contribution in [3.8, 4) is 0 Å². The largest absolute Gasteiger partial charge is 0.375 e. The molecule has 21 heavy (non-hydrogen) atoms. The SMILES string of the molecule is CCC1CN(c2nc(NN)nc(N(CC)CC)n2)CCO1. The van der Waals surface area contributed by atoms with Gasteiger partial charge in [0.25, 0.3) is 0 Å². The number of anilines is 3. The lowest BCUT2D eigenvalue weighted by Crippen LogP contribution is -2.43. The molecule has 3 N–H and O–H groups in total. The van der Waals surface area contributed by atoms with E-state index in [1.807, 2.05) is 0 Å². The molecule has 1 unspecified atom stereocenters. The number of morpholine rings is 1. The Balaban J connectivity index is 2.27. The molecule has 1 fully saturated rings. The molecule has 0 amide bonds. The summed E-state index contributed by atoms with van der Waals surface area (Å²) in [5, 5.41) is 0. The Labute approximate surface area is 125 Å². The molecule has 0 radical (unpaired) electrons. The van der Waals surface area contributed by atoms with Crippen molar-refractivity contribution < 1.29 is 4.74 Å². The topological polar surface area (TPSA) is 92.4 Å². The minimum Gasteiger partial charge on any atom is -0.375 e. The molecule has 0 spiro atoms. The summed E-state index contributed by atoms with van der Waals surface area (Å²) in [6.45, 7) is 10.2. The molecule has 8 nitrogen and oxygen atoms in total. The molecule has 0 bridgehead atoms. The number of nitrogens with zero attached hydrogens (tertiary/aromatic N) is 5. The van der Waals surface area contributed by atoms with E-state index in [0.29, 0.717) is 24.5 Å². The lowest BCUT2D eigenvalue weighted by molar-refractivity contribution is 0.0379. The van der Waals surface area contributed by atoms with Crippen molar-refractivity contribution in [1.29, 1.82) is 0 Å².